The Morgan fingerprint density at radius 2 is 1.89 bits per heavy atom. The molecule has 146 valence electrons. The van der Waals surface area contributed by atoms with Gasteiger partial charge >= 0.3 is 0 Å². The monoisotopic (exact) mass is 380 g/mol. The van der Waals surface area contributed by atoms with Gasteiger partial charge in [-0.25, -0.2) is 0 Å². The number of carbonyl (C=O) groups is 1. The number of ether oxygens (including phenoxy) is 3. The first kappa shape index (κ1) is 18.2. The van der Waals surface area contributed by atoms with E-state index in [4.69, 9.17) is 14.2 Å². The van der Waals surface area contributed by atoms with Crippen molar-refractivity contribution < 1.29 is 19.0 Å². The predicted molar refractivity (Wildman–Crippen MR) is 109 cm³/mol. The summed E-state index contributed by atoms with van der Waals surface area (Å²) in [6.45, 7) is 2.08. The maximum atomic E-state index is 13.2. The van der Waals surface area contributed by atoms with Crippen molar-refractivity contribution >= 4 is 22.5 Å². The summed E-state index contributed by atoms with van der Waals surface area (Å²) in [4.78, 5) is 18.4. The van der Waals surface area contributed by atoms with Crippen LogP contribution in [0.3, 0.4) is 0 Å². The number of anilines is 1. The summed E-state index contributed by atoms with van der Waals surface area (Å²) in [5, 5.41) is 0.841. The fourth-order valence-electron chi connectivity index (χ4n) is 4.16. The molecule has 0 saturated carbocycles. The minimum absolute atomic E-state index is 0.0650. The van der Waals surface area contributed by atoms with Crippen LogP contribution in [-0.4, -0.2) is 38.3 Å². The van der Waals surface area contributed by atoms with Crippen molar-refractivity contribution in [2.45, 2.75) is 25.8 Å². The minimum Gasteiger partial charge on any atom is -0.493 e. The van der Waals surface area contributed by atoms with Crippen molar-refractivity contribution in [2.75, 3.05) is 26.2 Å². The number of amides is 1. The summed E-state index contributed by atoms with van der Waals surface area (Å²) in [5.41, 5.74) is 3.93. The van der Waals surface area contributed by atoms with Crippen molar-refractivity contribution in [2.24, 2.45) is 0 Å². The van der Waals surface area contributed by atoms with E-state index in [0.29, 0.717) is 17.2 Å². The molecule has 0 radical (unpaired) electrons. The molecule has 2 aromatic carbocycles. The number of aromatic amines is 1. The first-order chi connectivity index (χ1) is 13.6. The van der Waals surface area contributed by atoms with Gasteiger partial charge < -0.3 is 24.1 Å². The van der Waals surface area contributed by atoms with Gasteiger partial charge in [0.2, 0.25) is 11.7 Å². The normalized spacial score (nSPS) is 15.6. The summed E-state index contributed by atoms with van der Waals surface area (Å²) < 4.78 is 16.5. The van der Waals surface area contributed by atoms with Gasteiger partial charge in [0.15, 0.2) is 11.5 Å². The van der Waals surface area contributed by atoms with Gasteiger partial charge in [0.25, 0.3) is 0 Å². The lowest BCUT2D eigenvalue weighted by atomic mass is 10.1. The highest BCUT2D eigenvalue weighted by atomic mass is 16.5. The number of hydrogen-bond donors (Lipinski definition) is 1. The van der Waals surface area contributed by atoms with Gasteiger partial charge in [-0.15, -0.1) is 0 Å². The van der Waals surface area contributed by atoms with Crippen molar-refractivity contribution in [3.05, 3.63) is 47.7 Å². The Bertz CT molecular complexity index is 1040. The number of nitrogens with zero attached hydrogens (tertiary/aromatic N) is 1. The van der Waals surface area contributed by atoms with E-state index in [2.05, 4.69) is 18.0 Å². The molecule has 1 aliphatic rings. The summed E-state index contributed by atoms with van der Waals surface area (Å²) in [7, 11) is 4.75. The molecule has 0 saturated heterocycles. The molecule has 1 aliphatic heterocycles. The van der Waals surface area contributed by atoms with Crippen LogP contribution in [0.4, 0.5) is 5.69 Å². The zero-order chi connectivity index (χ0) is 19.8. The van der Waals surface area contributed by atoms with Crippen molar-refractivity contribution in [3.8, 4) is 17.2 Å². The molecule has 6 heteroatoms. The molecule has 6 nitrogen and oxygen atoms in total. The third kappa shape index (κ3) is 2.76. The lowest BCUT2D eigenvalue weighted by Crippen LogP contribution is -2.36. The molecule has 4 rings (SSSR count). The molecule has 28 heavy (non-hydrogen) atoms. The molecule has 1 aromatic heterocycles. The van der Waals surface area contributed by atoms with Gasteiger partial charge in [-0.05, 0) is 30.5 Å². The van der Waals surface area contributed by atoms with Gasteiger partial charge in [0.1, 0.15) is 0 Å². The molecule has 0 aliphatic carbocycles. The Morgan fingerprint density at radius 3 is 2.61 bits per heavy atom. The zero-order valence-corrected chi connectivity index (χ0v) is 16.5. The third-order valence-electron chi connectivity index (χ3n) is 5.37. The summed E-state index contributed by atoms with van der Waals surface area (Å²) in [6, 6.07) is 10.1. The fourth-order valence-corrected chi connectivity index (χ4v) is 4.16. The van der Waals surface area contributed by atoms with Crippen LogP contribution in [0.2, 0.25) is 0 Å². The Hall–Kier alpha value is -3.15. The molecule has 3 aromatic rings. The van der Waals surface area contributed by atoms with E-state index in [1.165, 1.54) is 5.56 Å². The SMILES string of the molecule is COc1cc2[nH]cc(CC(=O)N3c4ccccc4CC3C)c2c(OC)c1OC. The first-order valence-corrected chi connectivity index (χ1v) is 9.27. The maximum Gasteiger partial charge on any atom is 0.231 e. The number of rotatable bonds is 5. The van der Waals surface area contributed by atoms with E-state index in [1.54, 1.807) is 21.3 Å². The molecule has 0 bridgehead atoms. The smallest absolute Gasteiger partial charge is 0.231 e. The number of H-pyrrole nitrogens is 1. The third-order valence-corrected chi connectivity index (χ3v) is 5.37. The van der Waals surface area contributed by atoms with E-state index in [0.717, 1.165) is 28.6 Å². The highest BCUT2D eigenvalue weighted by Crippen LogP contribution is 2.44. The minimum atomic E-state index is 0.0650. The molecule has 0 fully saturated rings. The predicted octanol–water partition coefficient (Wildman–Crippen LogP) is 3.71. The maximum absolute atomic E-state index is 13.2. The van der Waals surface area contributed by atoms with Crippen LogP contribution in [0.1, 0.15) is 18.1 Å². The molecule has 1 unspecified atom stereocenters. The summed E-state index contributed by atoms with van der Waals surface area (Å²) >= 11 is 0. The first-order valence-electron chi connectivity index (χ1n) is 9.27. The Morgan fingerprint density at radius 1 is 1.14 bits per heavy atom. The van der Waals surface area contributed by atoms with Crippen molar-refractivity contribution in [1.82, 2.24) is 4.98 Å². The highest BCUT2D eigenvalue weighted by Gasteiger charge is 2.31. The average molecular weight is 380 g/mol. The number of aromatic nitrogens is 1. The standard InChI is InChI=1S/C22H24N2O4/c1-13-9-14-7-5-6-8-17(14)24(13)19(25)10-15-12-23-16-11-18(26-2)21(27-3)22(28-4)20(15)16/h5-8,11-13,23H,9-10H2,1-4H3. The van der Waals surface area contributed by atoms with Crippen LogP contribution in [-0.2, 0) is 17.6 Å². The lowest BCUT2D eigenvalue weighted by Gasteiger charge is -2.23. The van der Waals surface area contributed by atoms with Gasteiger partial charge in [-0.2, -0.15) is 0 Å². The van der Waals surface area contributed by atoms with Crippen LogP contribution in [0.25, 0.3) is 10.9 Å². The molecule has 1 amide bonds. The quantitative estimate of drug-likeness (QED) is 0.733. The van der Waals surface area contributed by atoms with E-state index in [9.17, 15) is 4.79 Å². The Kier molecular flexibility index (Phi) is 4.63. The van der Waals surface area contributed by atoms with Gasteiger partial charge in [0.05, 0.1) is 33.3 Å². The number of fused-ring (bicyclic) bond motifs is 2. The van der Waals surface area contributed by atoms with E-state index >= 15 is 0 Å². The highest BCUT2D eigenvalue weighted by molar-refractivity contribution is 6.01. The number of carbonyl (C=O) groups excluding carboxylic acids is 1. The second kappa shape index (κ2) is 7.11. The van der Waals surface area contributed by atoms with Crippen LogP contribution in [0, 0.1) is 0 Å². The summed E-state index contributed by atoms with van der Waals surface area (Å²) in [5.74, 6) is 1.73. The van der Waals surface area contributed by atoms with Gasteiger partial charge in [0, 0.05) is 29.4 Å². The fraction of sp³-hybridized carbons (Fsp3) is 0.318. The van der Waals surface area contributed by atoms with E-state index < -0.39 is 0 Å². The van der Waals surface area contributed by atoms with Crippen LogP contribution in [0.15, 0.2) is 36.5 Å². The molecule has 0 spiro atoms. The van der Waals surface area contributed by atoms with Crippen molar-refractivity contribution in [3.63, 3.8) is 0 Å². The van der Waals surface area contributed by atoms with Crippen LogP contribution < -0.4 is 19.1 Å². The van der Waals surface area contributed by atoms with Crippen molar-refractivity contribution in [1.29, 1.82) is 0 Å². The Labute approximate surface area is 164 Å². The van der Waals surface area contributed by atoms with Crippen LogP contribution in [0.5, 0.6) is 17.2 Å². The molecular weight excluding hydrogens is 356 g/mol. The number of benzene rings is 2. The average Bonchev–Trinajstić information content (AvgIpc) is 3.25. The molecular formula is C22H24N2O4. The van der Waals surface area contributed by atoms with E-state index in [-0.39, 0.29) is 18.4 Å². The topological polar surface area (TPSA) is 63.8 Å². The zero-order valence-electron chi connectivity index (χ0n) is 16.5. The number of para-hydroxylation sites is 1. The van der Waals surface area contributed by atoms with Gasteiger partial charge in [-0.1, -0.05) is 18.2 Å². The Balaban J connectivity index is 1.74. The molecule has 1 atom stereocenters. The number of methoxy groups -OCH3 is 3. The second-order valence-corrected chi connectivity index (χ2v) is 7.00. The largest absolute Gasteiger partial charge is 0.493 e. The lowest BCUT2D eigenvalue weighted by molar-refractivity contribution is -0.118. The molecule has 1 N–H and O–H groups in total. The molecule has 2 heterocycles. The summed E-state index contributed by atoms with van der Waals surface area (Å²) in [6.07, 6.45) is 3.01. The van der Waals surface area contributed by atoms with E-state index in [1.807, 2.05) is 35.4 Å². The number of nitrogens with one attached hydrogen (secondary N) is 1. The number of hydrogen-bond acceptors (Lipinski definition) is 4. The second-order valence-electron chi connectivity index (χ2n) is 7.00. The van der Waals surface area contributed by atoms with Gasteiger partial charge in [-0.3, -0.25) is 4.79 Å². The van der Waals surface area contributed by atoms with Crippen LogP contribution >= 0.6 is 0 Å².